The summed E-state index contributed by atoms with van der Waals surface area (Å²) in [5, 5.41) is 28.0. The molecule has 1 aliphatic rings. The summed E-state index contributed by atoms with van der Waals surface area (Å²) < 4.78 is 7.13. The molecule has 4 aromatic rings. The Morgan fingerprint density at radius 1 is 1.11 bits per heavy atom. The highest BCUT2D eigenvalue weighted by atomic mass is 32.1. The van der Waals surface area contributed by atoms with E-state index >= 15 is 0 Å². The van der Waals surface area contributed by atoms with Gasteiger partial charge in [-0.15, -0.1) is 21.5 Å². The van der Waals surface area contributed by atoms with Gasteiger partial charge in [-0.3, -0.25) is 14.4 Å². The molecule has 0 spiro atoms. The van der Waals surface area contributed by atoms with Crippen LogP contribution in [-0.2, 0) is 9.53 Å². The summed E-state index contributed by atoms with van der Waals surface area (Å²) in [6.07, 6.45) is -0.0202. The number of aromatic nitrogens is 3. The lowest BCUT2D eigenvalue weighted by atomic mass is 9.96. The van der Waals surface area contributed by atoms with E-state index in [0.29, 0.717) is 11.4 Å². The summed E-state index contributed by atoms with van der Waals surface area (Å²) in [5.74, 6) is 0.844. The minimum absolute atomic E-state index is 0.0202. The molecule has 1 atom stereocenters. The lowest BCUT2D eigenvalue weighted by Crippen LogP contribution is -2.15. The Labute approximate surface area is 218 Å². The van der Waals surface area contributed by atoms with Crippen LogP contribution in [0.3, 0.4) is 0 Å². The van der Waals surface area contributed by atoms with Crippen LogP contribution in [0.25, 0.3) is 16.1 Å². The van der Waals surface area contributed by atoms with Gasteiger partial charge in [0.2, 0.25) is 0 Å². The highest BCUT2D eigenvalue weighted by molar-refractivity contribution is 7.15. The third-order valence-corrected chi connectivity index (χ3v) is 7.63. The molecular formula is C28H25N5O3S. The maximum Gasteiger partial charge on any atom is 0.308 e. The number of rotatable bonds is 6. The molecule has 37 heavy (non-hydrogen) atoms. The van der Waals surface area contributed by atoms with Gasteiger partial charge in [0.25, 0.3) is 0 Å². The molecule has 2 aromatic carbocycles. The van der Waals surface area contributed by atoms with E-state index in [0.717, 1.165) is 44.4 Å². The third kappa shape index (κ3) is 4.57. The molecule has 1 aliphatic heterocycles. The Bertz CT molecular complexity index is 1560. The van der Waals surface area contributed by atoms with E-state index < -0.39 is 12.0 Å². The van der Waals surface area contributed by atoms with Gasteiger partial charge in [-0.2, -0.15) is 5.26 Å². The van der Waals surface area contributed by atoms with Crippen LogP contribution in [-0.4, -0.2) is 44.8 Å². The lowest BCUT2D eigenvalue weighted by Gasteiger charge is -2.13. The van der Waals surface area contributed by atoms with Gasteiger partial charge in [0.05, 0.1) is 30.4 Å². The molecule has 1 N–H and O–H groups in total. The molecule has 2 aromatic heterocycles. The van der Waals surface area contributed by atoms with Crippen LogP contribution >= 0.6 is 11.3 Å². The number of benzene rings is 2. The molecule has 0 bridgehead atoms. The smallest absolute Gasteiger partial charge is 0.308 e. The Kier molecular flexibility index (Phi) is 6.70. The van der Waals surface area contributed by atoms with Gasteiger partial charge in [0.1, 0.15) is 23.5 Å². The van der Waals surface area contributed by atoms with Crippen LogP contribution in [0.1, 0.15) is 51.2 Å². The number of carbonyl (C=O) groups is 1. The van der Waals surface area contributed by atoms with Crippen molar-refractivity contribution in [3.05, 3.63) is 87.3 Å². The summed E-state index contributed by atoms with van der Waals surface area (Å²) in [4.78, 5) is 18.8. The van der Waals surface area contributed by atoms with Crippen LogP contribution in [0.5, 0.6) is 0 Å². The van der Waals surface area contributed by atoms with Gasteiger partial charge in [0.15, 0.2) is 5.82 Å². The topological polar surface area (TPSA) is 113 Å². The number of nitriles is 1. The lowest BCUT2D eigenvalue weighted by molar-refractivity contribution is -0.145. The molecule has 3 heterocycles. The normalized spacial score (nSPS) is 14.2. The second-order valence-electron chi connectivity index (χ2n) is 8.82. The molecule has 0 fully saturated rings. The van der Waals surface area contributed by atoms with E-state index in [9.17, 15) is 10.1 Å². The van der Waals surface area contributed by atoms with E-state index in [1.165, 1.54) is 4.88 Å². The Balaban J connectivity index is 1.63. The summed E-state index contributed by atoms with van der Waals surface area (Å²) in [6, 6.07) is 17.2. The van der Waals surface area contributed by atoms with Crippen molar-refractivity contribution in [2.45, 2.75) is 33.2 Å². The number of nitrogens with zero attached hydrogens (tertiary/aromatic N) is 5. The number of aliphatic imine (C=N–C) groups is 1. The molecule has 8 nitrogen and oxygen atoms in total. The number of aryl methyl sites for hydroxylation is 2. The first kappa shape index (κ1) is 24.6. The number of aliphatic hydroxyl groups excluding tert-OH is 1. The van der Waals surface area contributed by atoms with Crippen LogP contribution in [0.15, 0.2) is 53.5 Å². The van der Waals surface area contributed by atoms with Crippen molar-refractivity contribution < 1.29 is 14.6 Å². The van der Waals surface area contributed by atoms with Crippen LogP contribution in [0, 0.1) is 32.1 Å². The summed E-state index contributed by atoms with van der Waals surface area (Å²) in [6.45, 7) is 5.76. The summed E-state index contributed by atoms with van der Waals surface area (Å²) in [5.41, 5.74) is 6.36. The van der Waals surface area contributed by atoms with Gasteiger partial charge in [-0.25, -0.2) is 0 Å². The molecule has 0 amide bonds. The van der Waals surface area contributed by atoms with Crippen LogP contribution in [0.2, 0.25) is 0 Å². The zero-order valence-electron chi connectivity index (χ0n) is 20.7. The second-order valence-corrected chi connectivity index (χ2v) is 10.0. The van der Waals surface area contributed by atoms with Crippen molar-refractivity contribution in [3.8, 4) is 22.2 Å². The van der Waals surface area contributed by atoms with E-state index in [4.69, 9.17) is 14.8 Å². The molecule has 9 heteroatoms. The van der Waals surface area contributed by atoms with Gasteiger partial charge in [-0.1, -0.05) is 36.4 Å². The van der Waals surface area contributed by atoms with Gasteiger partial charge in [-0.05, 0) is 49.6 Å². The predicted molar refractivity (Wildman–Crippen MR) is 141 cm³/mol. The molecule has 0 unspecified atom stereocenters. The molecule has 0 aliphatic carbocycles. The van der Waals surface area contributed by atoms with E-state index in [1.54, 1.807) is 17.4 Å². The van der Waals surface area contributed by atoms with Crippen molar-refractivity contribution >= 4 is 23.0 Å². The first-order chi connectivity index (χ1) is 17.9. The fourth-order valence-corrected chi connectivity index (χ4v) is 5.70. The Morgan fingerprint density at radius 3 is 2.59 bits per heavy atom. The maximum atomic E-state index is 12.5. The molecule has 0 saturated heterocycles. The minimum Gasteiger partial charge on any atom is -0.463 e. The average Bonchev–Trinajstić information content (AvgIpc) is 3.39. The number of carbonyl (C=O) groups excluding carboxylic acids is 1. The second kappa shape index (κ2) is 10.1. The quantitative estimate of drug-likeness (QED) is 0.378. The number of esters is 1. The minimum atomic E-state index is -0.603. The number of aliphatic hydroxyl groups is 1. The number of fused-ring (bicyclic) bond motifs is 3. The average molecular weight is 512 g/mol. The summed E-state index contributed by atoms with van der Waals surface area (Å²) in [7, 11) is 0. The summed E-state index contributed by atoms with van der Waals surface area (Å²) >= 11 is 1.65. The maximum absolute atomic E-state index is 12.5. The van der Waals surface area contributed by atoms with Crippen LogP contribution in [0.4, 0.5) is 0 Å². The zero-order valence-corrected chi connectivity index (χ0v) is 21.5. The highest BCUT2D eigenvalue weighted by Gasteiger charge is 2.32. The first-order valence-electron chi connectivity index (χ1n) is 11.9. The Hall–Kier alpha value is -4.13. The fraction of sp³-hybridized carbons (Fsp3) is 0.250. The Morgan fingerprint density at radius 2 is 1.86 bits per heavy atom. The van der Waals surface area contributed by atoms with Crippen molar-refractivity contribution in [1.29, 1.82) is 5.26 Å². The van der Waals surface area contributed by atoms with Crippen molar-refractivity contribution in [2.24, 2.45) is 4.99 Å². The van der Waals surface area contributed by atoms with Gasteiger partial charge < -0.3 is 9.84 Å². The number of hydrogen-bond acceptors (Lipinski definition) is 8. The largest absolute Gasteiger partial charge is 0.463 e. The third-order valence-electron chi connectivity index (χ3n) is 6.44. The van der Waals surface area contributed by atoms with Gasteiger partial charge in [0, 0.05) is 16.0 Å². The molecule has 0 saturated carbocycles. The number of ether oxygens (including phenoxy) is 1. The van der Waals surface area contributed by atoms with E-state index in [-0.39, 0.29) is 19.6 Å². The molecule has 5 rings (SSSR count). The monoisotopic (exact) mass is 511 g/mol. The van der Waals surface area contributed by atoms with Crippen molar-refractivity contribution in [2.75, 3.05) is 13.2 Å². The highest BCUT2D eigenvalue weighted by Crippen LogP contribution is 2.39. The standard InChI is InChI=1S/C28H25N5O3S/c1-16-17(2)37-28-25(16)26(21-9-7-20(8-10-21)22-6-4-5-19(13-22)15-29)30-23(14-24(35)36-12-11-34)27-32-31-18(3)33(27)28/h4-10,13,23,34H,11-12,14H2,1-3H3/t23-/m0/s1. The fourth-order valence-electron chi connectivity index (χ4n) is 4.49. The van der Waals surface area contributed by atoms with Crippen LogP contribution < -0.4 is 0 Å². The zero-order chi connectivity index (χ0) is 26.1. The first-order valence-corrected chi connectivity index (χ1v) is 12.7. The van der Waals surface area contributed by atoms with E-state index in [2.05, 4.69) is 30.1 Å². The SMILES string of the molecule is Cc1sc2c(c1C)C(c1ccc(-c3cccc(C#N)c3)cc1)=N[C@@H](CC(=O)OCCO)c1nnc(C)n1-2. The number of thiophene rings is 1. The van der Waals surface area contributed by atoms with Crippen molar-refractivity contribution in [3.63, 3.8) is 0 Å². The van der Waals surface area contributed by atoms with Gasteiger partial charge >= 0.3 is 5.97 Å². The molecule has 0 radical (unpaired) electrons. The molecule has 186 valence electrons. The van der Waals surface area contributed by atoms with E-state index in [1.807, 2.05) is 54.0 Å². The molecular weight excluding hydrogens is 486 g/mol. The number of hydrogen-bond donors (Lipinski definition) is 1. The predicted octanol–water partition coefficient (Wildman–Crippen LogP) is 4.61. The van der Waals surface area contributed by atoms with Crippen molar-refractivity contribution in [1.82, 2.24) is 14.8 Å².